The molecule has 3 aromatic rings. The van der Waals surface area contributed by atoms with Crippen LogP contribution in [0.15, 0.2) is 35.4 Å². The summed E-state index contributed by atoms with van der Waals surface area (Å²) in [6.07, 6.45) is 7.74. The molecule has 0 unspecified atom stereocenters. The zero-order valence-electron chi connectivity index (χ0n) is 15.8. The van der Waals surface area contributed by atoms with Crippen molar-refractivity contribution in [3.05, 3.63) is 30.5 Å². The number of nitrogens with zero attached hydrogens (tertiary/aromatic N) is 2. The van der Waals surface area contributed by atoms with Crippen LogP contribution >= 0.6 is 0 Å². The van der Waals surface area contributed by atoms with Gasteiger partial charge in [-0.25, -0.2) is 8.42 Å². The first-order valence-electron chi connectivity index (χ1n) is 9.21. The lowest BCUT2D eigenvalue weighted by Crippen LogP contribution is -2.16. The standard InChI is InChI=1S/C19H23N5O3S/c1-27-16-11-13(28(2,25)26)7-8-15(16)22-19-23-17-14(9-10-20-17)18(24-19)21-12-5-3-4-6-12/h7-12H,3-6H2,1-2H3,(H3,20,21,22,23,24). The molecular formula is C19H23N5O3S. The molecule has 0 radical (unpaired) electrons. The van der Waals surface area contributed by atoms with Gasteiger partial charge in [0.2, 0.25) is 5.95 Å². The van der Waals surface area contributed by atoms with Crippen LogP contribution < -0.4 is 15.4 Å². The normalized spacial score (nSPS) is 15.1. The van der Waals surface area contributed by atoms with Gasteiger partial charge >= 0.3 is 0 Å². The molecule has 2 heterocycles. The summed E-state index contributed by atoms with van der Waals surface area (Å²) in [4.78, 5) is 12.5. The fourth-order valence-electron chi connectivity index (χ4n) is 3.50. The highest BCUT2D eigenvalue weighted by Gasteiger charge is 2.18. The molecule has 1 aliphatic rings. The Kier molecular flexibility index (Phi) is 4.84. The molecule has 2 aromatic heterocycles. The van der Waals surface area contributed by atoms with Crippen molar-refractivity contribution in [1.29, 1.82) is 0 Å². The maximum atomic E-state index is 11.8. The van der Waals surface area contributed by atoms with Crippen molar-refractivity contribution in [3.63, 3.8) is 0 Å². The van der Waals surface area contributed by atoms with E-state index in [2.05, 4.69) is 25.6 Å². The molecule has 0 aliphatic heterocycles. The first-order chi connectivity index (χ1) is 13.4. The lowest BCUT2D eigenvalue weighted by atomic mass is 10.2. The van der Waals surface area contributed by atoms with Gasteiger partial charge in [-0.2, -0.15) is 9.97 Å². The van der Waals surface area contributed by atoms with Gasteiger partial charge in [-0.1, -0.05) is 12.8 Å². The molecule has 1 fully saturated rings. The van der Waals surface area contributed by atoms with Crippen molar-refractivity contribution in [2.75, 3.05) is 24.0 Å². The Bertz CT molecular complexity index is 1100. The van der Waals surface area contributed by atoms with Crippen LogP contribution in [0.4, 0.5) is 17.5 Å². The molecule has 3 N–H and O–H groups in total. The summed E-state index contributed by atoms with van der Waals surface area (Å²) in [5.41, 5.74) is 1.32. The number of anilines is 3. The maximum absolute atomic E-state index is 11.8. The topological polar surface area (TPSA) is 109 Å². The first kappa shape index (κ1) is 18.5. The molecule has 1 aliphatic carbocycles. The lowest BCUT2D eigenvalue weighted by molar-refractivity contribution is 0.415. The molecule has 0 saturated heterocycles. The van der Waals surface area contributed by atoms with Gasteiger partial charge in [0, 0.05) is 24.6 Å². The van der Waals surface area contributed by atoms with Crippen molar-refractivity contribution in [2.45, 2.75) is 36.6 Å². The largest absolute Gasteiger partial charge is 0.495 e. The summed E-state index contributed by atoms with van der Waals surface area (Å²) in [5.74, 6) is 1.59. The van der Waals surface area contributed by atoms with E-state index in [0.717, 1.165) is 35.9 Å². The first-order valence-corrected chi connectivity index (χ1v) is 11.1. The van der Waals surface area contributed by atoms with Gasteiger partial charge in [-0.3, -0.25) is 0 Å². The van der Waals surface area contributed by atoms with Gasteiger partial charge in [-0.15, -0.1) is 0 Å². The highest BCUT2D eigenvalue weighted by molar-refractivity contribution is 7.90. The fraction of sp³-hybridized carbons (Fsp3) is 0.368. The minimum atomic E-state index is -3.32. The fourth-order valence-corrected chi connectivity index (χ4v) is 4.13. The van der Waals surface area contributed by atoms with E-state index < -0.39 is 9.84 Å². The van der Waals surface area contributed by atoms with Gasteiger partial charge in [0.1, 0.15) is 17.2 Å². The van der Waals surface area contributed by atoms with Crippen molar-refractivity contribution in [2.24, 2.45) is 0 Å². The zero-order chi connectivity index (χ0) is 19.7. The summed E-state index contributed by atoms with van der Waals surface area (Å²) in [5, 5.41) is 7.62. The third-order valence-electron chi connectivity index (χ3n) is 4.96. The molecule has 8 nitrogen and oxygen atoms in total. The molecule has 148 valence electrons. The molecule has 9 heteroatoms. The molecule has 4 rings (SSSR count). The van der Waals surface area contributed by atoms with Gasteiger partial charge in [0.15, 0.2) is 9.84 Å². The summed E-state index contributed by atoms with van der Waals surface area (Å²) in [7, 11) is -1.83. The Balaban J connectivity index is 1.68. The van der Waals surface area contributed by atoms with Crippen LogP contribution in [0.5, 0.6) is 5.75 Å². The molecule has 0 amide bonds. The Hall–Kier alpha value is -2.81. The van der Waals surface area contributed by atoms with Crippen LogP contribution in [-0.4, -0.2) is 42.8 Å². The number of hydrogen-bond acceptors (Lipinski definition) is 7. The molecule has 1 aromatic carbocycles. The Morgan fingerprint density at radius 2 is 1.96 bits per heavy atom. The Morgan fingerprint density at radius 3 is 2.68 bits per heavy atom. The second-order valence-corrected chi connectivity index (χ2v) is 9.04. The summed E-state index contributed by atoms with van der Waals surface area (Å²) in [6.45, 7) is 0. The number of H-pyrrole nitrogens is 1. The number of benzene rings is 1. The number of sulfone groups is 1. The van der Waals surface area contributed by atoms with Crippen LogP contribution in [0, 0.1) is 0 Å². The average molecular weight is 401 g/mol. The number of hydrogen-bond donors (Lipinski definition) is 3. The number of aromatic nitrogens is 3. The third kappa shape index (κ3) is 3.75. The van der Waals surface area contributed by atoms with Crippen molar-refractivity contribution in [1.82, 2.24) is 15.0 Å². The smallest absolute Gasteiger partial charge is 0.231 e. The van der Waals surface area contributed by atoms with E-state index in [1.807, 2.05) is 12.3 Å². The molecule has 1 saturated carbocycles. The van der Waals surface area contributed by atoms with E-state index >= 15 is 0 Å². The highest BCUT2D eigenvalue weighted by atomic mass is 32.2. The second kappa shape index (κ2) is 7.31. The van der Waals surface area contributed by atoms with E-state index in [-0.39, 0.29) is 4.90 Å². The van der Waals surface area contributed by atoms with E-state index in [4.69, 9.17) is 4.74 Å². The maximum Gasteiger partial charge on any atom is 0.231 e. The number of aromatic amines is 1. The number of rotatable bonds is 6. The van der Waals surface area contributed by atoms with E-state index in [1.54, 1.807) is 6.07 Å². The van der Waals surface area contributed by atoms with Crippen LogP contribution in [0.2, 0.25) is 0 Å². The number of nitrogens with one attached hydrogen (secondary N) is 3. The molecule has 0 atom stereocenters. The summed E-state index contributed by atoms with van der Waals surface area (Å²) >= 11 is 0. The van der Waals surface area contributed by atoms with Crippen molar-refractivity contribution in [3.8, 4) is 5.75 Å². The van der Waals surface area contributed by atoms with Gasteiger partial charge < -0.3 is 20.4 Å². The van der Waals surface area contributed by atoms with Gasteiger partial charge in [-0.05, 0) is 31.0 Å². The average Bonchev–Trinajstić information content (AvgIpc) is 3.33. The van der Waals surface area contributed by atoms with Crippen molar-refractivity contribution < 1.29 is 13.2 Å². The number of fused-ring (bicyclic) bond motifs is 1. The van der Waals surface area contributed by atoms with Crippen LogP contribution in [0.25, 0.3) is 11.0 Å². The van der Waals surface area contributed by atoms with E-state index in [9.17, 15) is 8.42 Å². The molecular weight excluding hydrogens is 378 g/mol. The van der Waals surface area contributed by atoms with Gasteiger partial charge in [0.25, 0.3) is 0 Å². The highest BCUT2D eigenvalue weighted by Crippen LogP contribution is 2.31. The second-order valence-electron chi connectivity index (χ2n) is 7.02. The third-order valence-corrected chi connectivity index (χ3v) is 6.07. The molecule has 28 heavy (non-hydrogen) atoms. The van der Waals surface area contributed by atoms with Crippen LogP contribution in [0.3, 0.4) is 0 Å². The Morgan fingerprint density at radius 1 is 1.18 bits per heavy atom. The quantitative estimate of drug-likeness (QED) is 0.580. The predicted octanol–water partition coefficient (Wildman–Crippen LogP) is 3.47. The lowest BCUT2D eigenvalue weighted by Gasteiger charge is -2.15. The number of methoxy groups -OCH3 is 1. The van der Waals surface area contributed by atoms with E-state index in [1.165, 1.54) is 32.1 Å². The zero-order valence-corrected chi connectivity index (χ0v) is 16.6. The monoisotopic (exact) mass is 401 g/mol. The Labute approximate surface area is 163 Å². The summed E-state index contributed by atoms with van der Waals surface area (Å²) < 4.78 is 28.9. The SMILES string of the molecule is COc1cc(S(C)(=O)=O)ccc1Nc1nc(NC2CCCC2)c2cc[nH]c2n1. The van der Waals surface area contributed by atoms with Crippen LogP contribution in [0.1, 0.15) is 25.7 Å². The van der Waals surface area contributed by atoms with Crippen LogP contribution in [-0.2, 0) is 9.84 Å². The molecule has 0 spiro atoms. The molecule has 0 bridgehead atoms. The van der Waals surface area contributed by atoms with Crippen molar-refractivity contribution >= 4 is 38.3 Å². The predicted molar refractivity (Wildman–Crippen MR) is 109 cm³/mol. The van der Waals surface area contributed by atoms with Gasteiger partial charge in [0.05, 0.1) is 23.1 Å². The minimum Gasteiger partial charge on any atom is -0.495 e. The minimum absolute atomic E-state index is 0.194. The summed E-state index contributed by atoms with van der Waals surface area (Å²) in [6, 6.07) is 7.05. The van der Waals surface area contributed by atoms with E-state index in [0.29, 0.717) is 23.4 Å². The number of ether oxygens (including phenoxy) is 1.